The van der Waals surface area contributed by atoms with Crippen LogP contribution in [0.1, 0.15) is 31.2 Å². The number of pyridine rings is 1. The number of anilines is 1. The summed E-state index contributed by atoms with van der Waals surface area (Å²) >= 11 is 0. The summed E-state index contributed by atoms with van der Waals surface area (Å²) in [6.45, 7) is 1.16. The van der Waals surface area contributed by atoms with E-state index in [2.05, 4.69) is 10.3 Å². The van der Waals surface area contributed by atoms with Crippen LogP contribution in [-0.4, -0.2) is 36.7 Å². The van der Waals surface area contributed by atoms with E-state index in [0.29, 0.717) is 41.7 Å². The summed E-state index contributed by atoms with van der Waals surface area (Å²) < 4.78 is 32.9. The highest BCUT2D eigenvalue weighted by Crippen LogP contribution is 2.27. The van der Waals surface area contributed by atoms with Crippen molar-refractivity contribution in [3.05, 3.63) is 78.5 Å². The summed E-state index contributed by atoms with van der Waals surface area (Å²) in [5.74, 6) is 0.779. The SMILES string of the molecule is O=C(CCc1ccc(S(=O)(=O)N2CCCCC2)cc1)Nc1cccnc1Oc1ccccc1. The van der Waals surface area contributed by atoms with Crippen LogP contribution in [0.15, 0.2) is 77.8 Å². The number of carbonyl (C=O) groups excluding carboxylic acids is 1. The summed E-state index contributed by atoms with van der Waals surface area (Å²) in [5, 5.41) is 2.85. The average molecular weight is 466 g/mol. The minimum Gasteiger partial charge on any atom is -0.437 e. The van der Waals surface area contributed by atoms with Gasteiger partial charge in [-0.2, -0.15) is 4.31 Å². The van der Waals surface area contributed by atoms with Crippen LogP contribution < -0.4 is 10.1 Å². The number of carbonyl (C=O) groups is 1. The number of piperidine rings is 1. The molecule has 8 heteroatoms. The second kappa shape index (κ2) is 10.6. The Bertz CT molecular complexity index is 1180. The molecule has 33 heavy (non-hydrogen) atoms. The van der Waals surface area contributed by atoms with Crippen molar-refractivity contribution in [2.75, 3.05) is 18.4 Å². The topological polar surface area (TPSA) is 88.6 Å². The number of aryl methyl sites for hydroxylation is 1. The van der Waals surface area contributed by atoms with Gasteiger partial charge >= 0.3 is 0 Å². The summed E-state index contributed by atoms with van der Waals surface area (Å²) in [7, 11) is -3.45. The molecule has 0 saturated carbocycles. The molecule has 172 valence electrons. The number of nitrogens with zero attached hydrogens (tertiary/aromatic N) is 2. The first-order chi connectivity index (χ1) is 16.0. The van der Waals surface area contributed by atoms with Crippen LogP contribution in [0.25, 0.3) is 0 Å². The zero-order valence-electron chi connectivity index (χ0n) is 18.3. The van der Waals surface area contributed by atoms with Crippen LogP contribution in [-0.2, 0) is 21.2 Å². The predicted octanol–water partition coefficient (Wildman–Crippen LogP) is 4.62. The Morgan fingerprint density at radius 3 is 2.39 bits per heavy atom. The predicted molar refractivity (Wildman–Crippen MR) is 127 cm³/mol. The van der Waals surface area contributed by atoms with Gasteiger partial charge in [0.2, 0.25) is 21.8 Å². The number of ether oxygens (including phenoxy) is 1. The van der Waals surface area contributed by atoms with Gasteiger partial charge < -0.3 is 10.1 Å². The largest absolute Gasteiger partial charge is 0.437 e. The number of nitrogens with one attached hydrogen (secondary N) is 1. The Morgan fingerprint density at radius 1 is 0.939 bits per heavy atom. The molecule has 7 nitrogen and oxygen atoms in total. The number of benzene rings is 2. The molecule has 1 aliphatic rings. The third-order valence-electron chi connectivity index (χ3n) is 5.52. The number of amides is 1. The molecule has 0 spiro atoms. The van der Waals surface area contributed by atoms with Crippen LogP contribution in [0.3, 0.4) is 0 Å². The number of hydrogen-bond donors (Lipinski definition) is 1. The Balaban J connectivity index is 1.34. The maximum atomic E-state index is 12.8. The lowest BCUT2D eigenvalue weighted by Gasteiger charge is -2.25. The Morgan fingerprint density at radius 2 is 1.67 bits per heavy atom. The van der Waals surface area contributed by atoms with Crippen molar-refractivity contribution in [3.63, 3.8) is 0 Å². The van der Waals surface area contributed by atoms with Crippen molar-refractivity contribution < 1.29 is 17.9 Å². The normalized spacial score (nSPS) is 14.5. The standard InChI is InChI=1S/C25H27N3O4S/c29-24(27-23-10-7-17-26-25(23)32-21-8-3-1-4-9-21)16-13-20-11-14-22(15-12-20)33(30,31)28-18-5-2-6-19-28/h1,3-4,7-12,14-15,17H,2,5-6,13,16,18-19H2,(H,27,29). The average Bonchev–Trinajstić information content (AvgIpc) is 2.85. The maximum absolute atomic E-state index is 12.8. The van der Waals surface area contributed by atoms with Crippen molar-refractivity contribution in [1.29, 1.82) is 0 Å². The molecule has 3 aromatic rings. The van der Waals surface area contributed by atoms with E-state index in [1.807, 2.05) is 30.3 Å². The van der Waals surface area contributed by atoms with E-state index >= 15 is 0 Å². The summed E-state index contributed by atoms with van der Waals surface area (Å²) in [6.07, 6.45) is 5.23. The van der Waals surface area contributed by atoms with Gasteiger partial charge in [0.05, 0.1) is 4.90 Å². The highest BCUT2D eigenvalue weighted by atomic mass is 32.2. The number of para-hydroxylation sites is 1. The van der Waals surface area contributed by atoms with E-state index in [4.69, 9.17) is 4.74 Å². The fraction of sp³-hybridized carbons (Fsp3) is 0.280. The van der Waals surface area contributed by atoms with Crippen LogP contribution in [0.5, 0.6) is 11.6 Å². The highest BCUT2D eigenvalue weighted by molar-refractivity contribution is 7.89. The molecule has 1 amide bonds. The van der Waals surface area contributed by atoms with Crippen LogP contribution in [0, 0.1) is 0 Å². The first-order valence-corrected chi connectivity index (χ1v) is 12.5. The van der Waals surface area contributed by atoms with E-state index in [1.54, 1.807) is 46.9 Å². The van der Waals surface area contributed by atoms with Gasteiger partial charge in [0.25, 0.3) is 0 Å². The molecular weight excluding hydrogens is 438 g/mol. The van der Waals surface area contributed by atoms with Crippen molar-refractivity contribution in [2.24, 2.45) is 0 Å². The van der Waals surface area contributed by atoms with E-state index in [9.17, 15) is 13.2 Å². The Hall–Kier alpha value is -3.23. The van der Waals surface area contributed by atoms with Gasteiger partial charge in [0, 0.05) is 25.7 Å². The Labute approximate surface area is 194 Å². The van der Waals surface area contributed by atoms with Crippen molar-refractivity contribution >= 4 is 21.6 Å². The molecule has 2 aromatic carbocycles. The molecule has 1 fully saturated rings. The summed E-state index contributed by atoms with van der Waals surface area (Å²) in [6, 6.07) is 19.5. The smallest absolute Gasteiger partial charge is 0.243 e. The summed E-state index contributed by atoms with van der Waals surface area (Å²) in [4.78, 5) is 17.0. The molecule has 2 heterocycles. The second-order valence-corrected chi connectivity index (χ2v) is 9.87. The van der Waals surface area contributed by atoms with Gasteiger partial charge in [0.15, 0.2) is 0 Å². The fourth-order valence-electron chi connectivity index (χ4n) is 3.72. The van der Waals surface area contributed by atoms with E-state index in [1.165, 1.54) is 0 Å². The molecule has 0 bridgehead atoms. The quantitative estimate of drug-likeness (QED) is 0.524. The van der Waals surface area contributed by atoms with Gasteiger partial charge in [-0.05, 0) is 61.2 Å². The van der Waals surface area contributed by atoms with Gasteiger partial charge in [-0.1, -0.05) is 36.8 Å². The molecule has 0 atom stereocenters. The van der Waals surface area contributed by atoms with Gasteiger partial charge in [-0.15, -0.1) is 0 Å². The van der Waals surface area contributed by atoms with Crippen LogP contribution in [0.4, 0.5) is 5.69 Å². The summed E-state index contributed by atoms with van der Waals surface area (Å²) in [5.41, 5.74) is 1.39. The maximum Gasteiger partial charge on any atom is 0.243 e. The molecule has 1 aromatic heterocycles. The minimum absolute atomic E-state index is 0.175. The van der Waals surface area contributed by atoms with E-state index in [0.717, 1.165) is 24.8 Å². The Kier molecular flexibility index (Phi) is 7.36. The molecule has 1 saturated heterocycles. The van der Waals surface area contributed by atoms with Crippen LogP contribution in [0.2, 0.25) is 0 Å². The highest BCUT2D eigenvalue weighted by Gasteiger charge is 2.25. The zero-order chi connectivity index (χ0) is 23.1. The number of hydrogen-bond acceptors (Lipinski definition) is 5. The molecule has 4 rings (SSSR count). The lowest BCUT2D eigenvalue weighted by Crippen LogP contribution is -2.35. The zero-order valence-corrected chi connectivity index (χ0v) is 19.1. The van der Waals surface area contributed by atoms with Gasteiger partial charge in [0.1, 0.15) is 11.4 Å². The van der Waals surface area contributed by atoms with Crippen molar-refractivity contribution in [1.82, 2.24) is 9.29 Å². The van der Waals surface area contributed by atoms with E-state index in [-0.39, 0.29) is 12.3 Å². The first kappa shape index (κ1) is 22.9. The number of sulfonamides is 1. The van der Waals surface area contributed by atoms with Gasteiger partial charge in [-0.3, -0.25) is 4.79 Å². The van der Waals surface area contributed by atoms with Crippen molar-refractivity contribution in [2.45, 2.75) is 37.0 Å². The van der Waals surface area contributed by atoms with Crippen molar-refractivity contribution in [3.8, 4) is 11.6 Å². The third kappa shape index (κ3) is 5.97. The first-order valence-electron chi connectivity index (χ1n) is 11.1. The number of rotatable bonds is 8. The fourth-order valence-corrected chi connectivity index (χ4v) is 5.24. The molecule has 1 N–H and O–H groups in total. The lowest BCUT2D eigenvalue weighted by atomic mass is 10.1. The molecule has 0 aliphatic carbocycles. The molecular formula is C25H27N3O4S. The molecule has 0 unspecified atom stereocenters. The lowest BCUT2D eigenvalue weighted by molar-refractivity contribution is -0.116. The molecule has 0 radical (unpaired) electrons. The monoisotopic (exact) mass is 465 g/mol. The third-order valence-corrected chi connectivity index (χ3v) is 7.43. The molecule has 1 aliphatic heterocycles. The van der Waals surface area contributed by atoms with Crippen LogP contribution >= 0.6 is 0 Å². The minimum atomic E-state index is -3.45. The van der Waals surface area contributed by atoms with E-state index < -0.39 is 10.0 Å². The second-order valence-electron chi connectivity index (χ2n) is 7.93. The van der Waals surface area contributed by atoms with Gasteiger partial charge in [-0.25, -0.2) is 13.4 Å². The number of aromatic nitrogens is 1.